The monoisotopic (exact) mass is 192 g/mol. The molecule has 0 saturated carbocycles. The van der Waals surface area contributed by atoms with Crippen LogP contribution in [0.3, 0.4) is 0 Å². The number of rotatable bonds is 2. The van der Waals surface area contributed by atoms with E-state index in [9.17, 15) is 4.79 Å². The molecule has 4 heteroatoms. The Bertz CT molecular complexity index is 365. The zero-order valence-electron chi connectivity index (χ0n) is 8.23. The number of ether oxygens (including phenoxy) is 1. The van der Waals surface area contributed by atoms with Gasteiger partial charge in [-0.3, -0.25) is 0 Å². The van der Waals surface area contributed by atoms with Crippen molar-refractivity contribution < 1.29 is 9.53 Å². The number of anilines is 1. The number of carbonyl (C=O) groups excluding carboxylic acids is 1. The minimum atomic E-state index is -0.0805. The third kappa shape index (κ3) is 1.14. The van der Waals surface area contributed by atoms with Gasteiger partial charge in [-0.15, -0.1) is 0 Å². The van der Waals surface area contributed by atoms with Gasteiger partial charge >= 0.3 is 0 Å². The van der Waals surface area contributed by atoms with Gasteiger partial charge in [0.2, 0.25) is 5.88 Å². The largest absolute Gasteiger partial charge is 0.481 e. The van der Waals surface area contributed by atoms with E-state index in [0.29, 0.717) is 12.3 Å². The smallest absolute Gasteiger partial charge is 0.218 e. The summed E-state index contributed by atoms with van der Waals surface area (Å²) in [5, 5.41) is 0. The Labute approximate surface area is 82.5 Å². The van der Waals surface area contributed by atoms with Gasteiger partial charge in [0, 0.05) is 30.9 Å². The lowest BCUT2D eigenvalue weighted by Gasteiger charge is -2.16. The van der Waals surface area contributed by atoms with Gasteiger partial charge < -0.3 is 14.4 Å². The van der Waals surface area contributed by atoms with Crippen LogP contribution in [0.4, 0.5) is 5.69 Å². The van der Waals surface area contributed by atoms with E-state index in [2.05, 4.69) is 4.98 Å². The van der Waals surface area contributed by atoms with Crippen LogP contribution >= 0.6 is 0 Å². The van der Waals surface area contributed by atoms with Gasteiger partial charge in [-0.05, 0) is 6.07 Å². The van der Waals surface area contributed by atoms with E-state index in [0.717, 1.165) is 17.5 Å². The van der Waals surface area contributed by atoms with Crippen molar-refractivity contribution in [2.45, 2.75) is 12.5 Å². The Hall–Kier alpha value is -1.58. The van der Waals surface area contributed by atoms with E-state index in [-0.39, 0.29) is 6.04 Å². The first kappa shape index (κ1) is 8.99. The van der Waals surface area contributed by atoms with Gasteiger partial charge in [-0.25, -0.2) is 4.98 Å². The fourth-order valence-electron chi connectivity index (χ4n) is 1.83. The summed E-state index contributed by atoms with van der Waals surface area (Å²) in [4.78, 5) is 16.8. The molecule has 0 N–H and O–H groups in total. The number of fused-ring (bicyclic) bond motifs is 1. The highest BCUT2D eigenvalue weighted by Crippen LogP contribution is 2.34. The summed E-state index contributed by atoms with van der Waals surface area (Å²) in [6.45, 7) is 0. The zero-order chi connectivity index (χ0) is 10.1. The van der Waals surface area contributed by atoms with Crippen LogP contribution < -0.4 is 9.64 Å². The Morgan fingerprint density at radius 1 is 1.71 bits per heavy atom. The minimum absolute atomic E-state index is 0.0805. The third-order valence-electron chi connectivity index (χ3n) is 2.63. The summed E-state index contributed by atoms with van der Waals surface area (Å²) >= 11 is 0. The van der Waals surface area contributed by atoms with Crippen LogP contribution in [0.5, 0.6) is 5.88 Å². The van der Waals surface area contributed by atoms with Crippen molar-refractivity contribution >= 4 is 12.0 Å². The number of aldehydes is 1. The van der Waals surface area contributed by atoms with Crippen molar-refractivity contribution in [2.24, 2.45) is 0 Å². The molecule has 0 bridgehead atoms. The summed E-state index contributed by atoms with van der Waals surface area (Å²) in [5.41, 5.74) is 2.06. The molecule has 0 saturated heterocycles. The number of methoxy groups -OCH3 is 1. The van der Waals surface area contributed by atoms with E-state index in [1.165, 1.54) is 0 Å². The molecule has 0 amide bonds. The quantitative estimate of drug-likeness (QED) is 0.645. The van der Waals surface area contributed by atoms with Crippen LogP contribution in [0.2, 0.25) is 0 Å². The lowest BCUT2D eigenvalue weighted by Crippen LogP contribution is -2.28. The maximum Gasteiger partial charge on any atom is 0.218 e. The maximum atomic E-state index is 10.8. The first-order chi connectivity index (χ1) is 6.77. The zero-order valence-corrected chi connectivity index (χ0v) is 8.23. The second kappa shape index (κ2) is 3.29. The normalized spacial score (nSPS) is 19.3. The molecule has 1 atom stereocenters. The molecule has 74 valence electrons. The average molecular weight is 192 g/mol. The summed E-state index contributed by atoms with van der Waals surface area (Å²) in [6.07, 6.45) is 3.34. The first-order valence-corrected chi connectivity index (χ1v) is 4.48. The van der Waals surface area contributed by atoms with Crippen molar-refractivity contribution in [3.05, 3.63) is 17.8 Å². The molecular weight excluding hydrogens is 180 g/mol. The van der Waals surface area contributed by atoms with Crippen LogP contribution in [0, 0.1) is 0 Å². The molecular formula is C10H12N2O2. The highest BCUT2D eigenvalue weighted by Gasteiger charge is 2.28. The second-order valence-corrected chi connectivity index (χ2v) is 3.34. The van der Waals surface area contributed by atoms with Gasteiger partial charge in [0.25, 0.3) is 0 Å². The molecule has 2 heterocycles. The van der Waals surface area contributed by atoms with Gasteiger partial charge in [-0.2, -0.15) is 0 Å². The van der Waals surface area contributed by atoms with E-state index >= 15 is 0 Å². The van der Waals surface area contributed by atoms with Crippen LogP contribution in [0.1, 0.15) is 5.56 Å². The van der Waals surface area contributed by atoms with Crippen LogP contribution in [-0.4, -0.2) is 31.5 Å². The summed E-state index contributed by atoms with van der Waals surface area (Å²) in [5.74, 6) is 0.624. The fourth-order valence-corrected chi connectivity index (χ4v) is 1.83. The molecule has 1 aromatic rings. The number of nitrogens with zero attached hydrogens (tertiary/aromatic N) is 2. The fraction of sp³-hybridized carbons (Fsp3) is 0.400. The molecule has 2 rings (SSSR count). The van der Waals surface area contributed by atoms with Gasteiger partial charge in [0.05, 0.1) is 13.2 Å². The molecule has 0 aliphatic carbocycles. The third-order valence-corrected chi connectivity index (χ3v) is 2.63. The predicted molar refractivity (Wildman–Crippen MR) is 52.7 cm³/mol. The van der Waals surface area contributed by atoms with Crippen molar-refractivity contribution in [3.8, 4) is 5.88 Å². The Kier molecular flexibility index (Phi) is 2.11. The van der Waals surface area contributed by atoms with Crippen molar-refractivity contribution in [1.29, 1.82) is 0 Å². The van der Waals surface area contributed by atoms with Crippen LogP contribution in [-0.2, 0) is 11.2 Å². The first-order valence-electron chi connectivity index (χ1n) is 4.48. The molecule has 1 aromatic heterocycles. The number of carbonyl (C=O) groups is 1. The van der Waals surface area contributed by atoms with Gasteiger partial charge in [0.1, 0.15) is 6.29 Å². The molecule has 14 heavy (non-hydrogen) atoms. The van der Waals surface area contributed by atoms with Gasteiger partial charge in [-0.1, -0.05) is 0 Å². The van der Waals surface area contributed by atoms with Gasteiger partial charge in [0.15, 0.2) is 0 Å². The summed E-state index contributed by atoms with van der Waals surface area (Å²) < 4.78 is 5.14. The standard InChI is InChI=1S/C10H12N2O2/c1-12-7(6-13)5-8-9(12)3-4-11-10(8)14-2/h3-4,6-7H,5H2,1-2H3. The molecule has 0 radical (unpaired) electrons. The molecule has 0 spiro atoms. The minimum Gasteiger partial charge on any atom is -0.481 e. The predicted octanol–water partition coefficient (Wildman–Crippen LogP) is 0.650. The van der Waals surface area contributed by atoms with E-state index in [1.54, 1.807) is 13.3 Å². The molecule has 1 unspecified atom stereocenters. The highest BCUT2D eigenvalue weighted by atomic mass is 16.5. The molecule has 0 aromatic carbocycles. The lowest BCUT2D eigenvalue weighted by molar-refractivity contribution is -0.108. The number of pyridine rings is 1. The SMILES string of the molecule is COc1nccc2c1CC(C=O)N2C. The average Bonchev–Trinajstić information content (AvgIpc) is 2.55. The lowest BCUT2D eigenvalue weighted by atomic mass is 10.1. The van der Waals surface area contributed by atoms with E-state index in [4.69, 9.17) is 4.74 Å². The van der Waals surface area contributed by atoms with Crippen LogP contribution in [0.25, 0.3) is 0 Å². The maximum absolute atomic E-state index is 10.8. The summed E-state index contributed by atoms with van der Waals surface area (Å²) in [7, 11) is 3.50. The van der Waals surface area contributed by atoms with Crippen molar-refractivity contribution in [2.75, 3.05) is 19.1 Å². The summed E-state index contributed by atoms with van der Waals surface area (Å²) in [6, 6.07) is 1.82. The Balaban J connectivity index is 2.46. The van der Waals surface area contributed by atoms with Crippen molar-refractivity contribution in [1.82, 2.24) is 4.98 Å². The molecule has 0 fully saturated rings. The number of aromatic nitrogens is 1. The van der Waals surface area contributed by atoms with E-state index in [1.807, 2.05) is 18.0 Å². The number of hydrogen-bond acceptors (Lipinski definition) is 4. The number of hydrogen-bond donors (Lipinski definition) is 0. The number of likely N-dealkylation sites (N-methyl/N-ethyl adjacent to an activating group) is 1. The molecule has 4 nitrogen and oxygen atoms in total. The van der Waals surface area contributed by atoms with E-state index < -0.39 is 0 Å². The Morgan fingerprint density at radius 2 is 2.50 bits per heavy atom. The molecule has 1 aliphatic rings. The highest BCUT2D eigenvalue weighted by molar-refractivity contribution is 5.74. The van der Waals surface area contributed by atoms with Crippen LogP contribution in [0.15, 0.2) is 12.3 Å². The topological polar surface area (TPSA) is 42.4 Å². The van der Waals surface area contributed by atoms with Crippen molar-refractivity contribution in [3.63, 3.8) is 0 Å². The second-order valence-electron chi connectivity index (χ2n) is 3.34. The Morgan fingerprint density at radius 3 is 3.14 bits per heavy atom. The molecule has 1 aliphatic heterocycles.